The van der Waals surface area contributed by atoms with Gasteiger partial charge in [0.2, 0.25) is 0 Å². The van der Waals surface area contributed by atoms with Crippen molar-refractivity contribution in [2.75, 3.05) is 26.2 Å². The van der Waals surface area contributed by atoms with E-state index >= 15 is 0 Å². The van der Waals surface area contributed by atoms with Gasteiger partial charge in [-0.05, 0) is 38.6 Å². The van der Waals surface area contributed by atoms with Gasteiger partial charge < -0.3 is 10.5 Å². The number of hydrogen-bond donors (Lipinski definition) is 1. The summed E-state index contributed by atoms with van der Waals surface area (Å²) in [5, 5.41) is 0. The molecule has 1 aliphatic carbocycles. The fourth-order valence-electron chi connectivity index (χ4n) is 1.98. The van der Waals surface area contributed by atoms with Crippen molar-refractivity contribution in [1.29, 1.82) is 0 Å². The first-order valence-corrected chi connectivity index (χ1v) is 6.73. The van der Waals surface area contributed by atoms with Crippen molar-refractivity contribution >= 4 is 0 Å². The Morgan fingerprint density at radius 3 is 2.50 bits per heavy atom. The van der Waals surface area contributed by atoms with E-state index in [4.69, 9.17) is 10.5 Å². The van der Waals surface area contributed by atoms with Gasteiger partial charge in [-0.1, -0.05) is 13.8 Å². The van der Waals surface area contributed by atoms with E-state index in [9.17, 15) is 0 Å². The van der Waals surface area contributed by atoms with Gasteiger partial charge in [0.05, 0.1) is 6.10 Å². The molecule has 0 radical (unpaired) electrons. The van der Waals surface area contributed by atoms with Crippen molar-refractivity contribution in [3.05, 3.63) is 0 Å². The zero-order valence-electron chi connectivity index (χ0n) is 11.1. The fourth-order valence-corrected chi connectivity index (χ4v) is 1.98. The molecule has 0 aromatic heterocycles. The Bertz CT molecular complexity index is 181. The molecule has 96 valence electrons. The van der Waals surface area contributed by atoms with Crippen molar-refractivity contribution in [2.24, 2.45) is 11.7 Å². The lowest BCUT2D eigenvalue weighted by atomic mass is 10.1. The molecular formula is C13H28N2O. The Morgan fingerprint density at radius 1 is 1.38 bits per heavy atom. The monoisotopic (exact) mass is 228 g/mol. The Morgan fingerprint density at radius 2 is 2.06 bits per heavy atom. The zero-order valence-corrected chi connectivity index (χ0v) is 11.1. The van der Waals surface area contributed by atoms with Crippen LogP contribution in [0.4, 0.5) is 0 Å². The summed E-state index contributed by atoms with van der Waals surface area (Å²) in [5.74, 6) is 0.782. The van der Waals surface area contributed by atoms with E-state index in [0.29, 0.717) is 6.54 Å². The maximum Gasteiger partial charge on any atom is 0.0823 e. The molecule has 1 fully saturated rings. The summed E-state index contributed by atoms with van der Waals surface area (Å²) in [6, 6.07) is 0.813. The topological polar surface area (TPSA) is 38.5 Å². The summed E-state index contributed by atoms with van der Waals surface area (Å²) < 4.78 is 5.64. The van der Waals surface area contributed by atoms with E-state index in [1.807, 2.05) is 6.92 Å². The van der Waals surface area contributed by atoms with Crippen LogP contribution in [-0.4, -0.2) is 43.3 Å². The van der Waals surface area contributed by atoms with Crippen molar-refractivity contribution in [2.45, 2.75) is 52.2 Å². The van der Waals surface area contributed by atoms with Gasteiger partial charge in [0.1, 0.15) is 0 Å². The number of ether oxygens (including phenoxy) is 1. The molecule has 1 aliphatic rings. The molecule has 1 atom stereocenters. The Hall–Kier alpha value is -0.120. The highest BCUT2D eigenvalue weighted by molar-refractivity contribution is 4.86. The highest BCUT2D eigenvalue weighted by atomic mass is 16.5. The molecule has 0 aromatic rings. The van der Waals surface area contributed by atoms with Crippen molar-refractivity contribution in [3.63, 3.8) is 0 Å². The Balaban J connectivity index is 2.31. The van der Waals surface area contributed by atoms with Gasteiger partial charge in [-0.3, -0.25) is 4.90 Å². The fraction of sp³-hybridized carbons (Fsp3) is 1.00. The van der Waals surface area contributed by atoms with E-state index in [1.165, 1.54) is 25.8 Å². The minimum Gasteiger partial charge on any atom is -0.376 e. The molecule has 0 aliphatic heterocycles. The standard InChI is InChI=1S/C13H28N2O/c1-4-16-13(9-14)10-15(12-5-6-12)8-7-11(2)3/h11-13H,4-10,14H2,1-3H3. The van der Waals surface area contributed by atoms with Gasteiger partial charge in [0.15, 0.2) is 0 Å². The van der Waals surface area contributed by atoms with Gasteiger partial charge in [0.25, 0.3) is 0 Å². The van der Waals surface area contributed by atoms with Crippen LogP contribution in [0, 0.1) is 5.92 Å². The predicted molar refractivity (Wildman–Crippen MR) is 68.5 cm³/mol. The molecule has 3 heteroatoms. The molecule has 0 saturated heterocycles. The Kier molecular flexibility index (Phi) is 6.32. The van der Waals surface area contributed by atoms with Gasteiger partial charge in [-0.15, -0.1) is 0 Å². The van der Waals surface area contributed by atoms with Crippen LogP contribution in [-0.2, 0) is 4.74 Å². The molecule has 0 heterocycles. The smallest absolute Gasteiger partial charge is 0.0823 e. The third-order valence-corrected chi connectivity index (χ3v) is 3.16. The average molecular weight is 228 g/mol. The first-order valence-electron chi connectivity index (χ1n) is 6.73. The van der Waals surface area contributed by atoms with Crippen LogP contribution in [0.1, 0.15) is 40.0 Å². The highest BCUT2D eigenvalue weighted by Gasteiger charge is 2.30. The molecule has 3 nitrogen and oxygen atoms in total. The van der Waals surface area contributed by atoms with Gasteiger partial charge in [0, 0.05) is 25.7 Å². The largest absolute Gasteiger partial charge is 0.376 e. The molecule has 0 bridgehead atoms. The second-order valence-electron chi connectivity index (χ2n) is 5.22. The first kappa shape index (κ1) is 13.9. The lowest BCUT2D eigenvalue weighted by Gasteiger charge is -2.27. The average Bonchev–Trinajstić information content (AvgIpc) is 3.06. The Labute approximate surface area is 100 Å². The summed E-state index contributed by atoms with van der Waals surface area (Å²) in [6.45, 7) is 10.2. The minimum absolute atomic E-state index is 0.220. The van der Waals surface area contributed by atoms with E-state index < -0.39 is 0 Å². The second-order valence-corrected chi connectivity index (χ2v) is 5.22. The third-order valence-electron chi connectivity index (χ3n) is 3.16. The number of hydrogen-bond acceptors (Lipinski definition) is 3. The van der Waals surface area contributed by atoms with Crippen LogP contribution >= 0.6 is 0 Å². The molecule has 1 rings (SSSR count). The SMILES string of the molecule is CCOC(CN)CN(CCC(C)C)C1CC1. The third kappa shape index (κ3) is 5.28. The van der Waals surface area contributed by atoms with E-state index in [0.717, 1.165) is 25.1 Å². The second kappa shape index (κ2) is 7.25. The lowest BCUT2D eigenvalue weighted by molar-refractivity contribution is 0.0359. The van der Waals surface area contributed by atoms with Crippen LogP contribution < -0.4 is 5.73 Å². The maximum atomic E-state index is 5.73. The number of nitrogens with two attached hydrogens (primary N) is 1. The summed E-state index contributed by atoms with van der Waals surface area (Å²) in [7, 11) is 0. The quantitative estimate of drug-likeness (QED) is 0.654. The molecular weight excluding hydrogens is 200 g/mol. The summed E-state index contributed by atoms with van der Waals surface area (Å²) in [6.07, 6.45) is 4.22. The zero-order chi connectivity index (χ0) is 12.0. The van der Waals surface area contributed by atoms with Gasteiger partial charge in [-0.25, -0.2) is 0 Å². The first-order chi connectivity index (χ1) is 7.67. The molecule has 1 saturated carbocycles. The number of rotatable bonds is 9. The molecule has 1 unspecified atom stereocenters. The number of nitrogens with zero attached hydrogens (tertiary/aromatic N) is 1. The van der Waals surface area contributed by atoms with E-state index in [2.05, 4.69) is 18.7 Å². The van der Waals surface area contributed by atoms with Crippen LogP contribution in [0.5, 0.6) is 0 Å². The van der Waals surface area contributed by atoms with Crippen LogP contribution in [0.15, 0.2) is 0 Å². The molecule has 0 amide bonds. The normalized spacial score (nSPS) is 18.4. The molecule has 0 spiro atoms. The molecule has 16 heavy (non-hydrogen) atoms. The van der Waals surface area contributed by atoms with Crippen LogP contribution in [0.3, 0.4) is 0 Å². The molecule has 2 N–H and O–H groups in total. The van der Waals surface area contributed by atoms with E-state index in [-0.39, 0.29) is 6.10 Å². The summed E-state index contributed by atoms with van der Waals surface area (Å²) in [5.41, 5.74) is 5.73. The summed E-state index contributed by atoms with van der Waals surface area (Å²) >= 11 is 0. The van der Waals surface area contributed by atoms with Crippen molar-refractivity contribution < 1.29 is 4.74 Å². The van der Waals surface area contributed by atoms with E-state index in [1.54, 1.807) is 0 Å². The minimum atomic E-state index is 0.220. The maximum absolute atomic E-state index is 5.73. The van der Waals surface area contributed by atoms with Gasteiger partial charge in [-0.2, -0.15) is 0 Å². The molecule has 0 aromatic carbocycles. The van der Waals surface area contributed by atoms with Crippen LogP contribution in [0.2, 0.25) is 0 Å². The summed E-state index contributed by atoms with van der Waals surface area (Å²) in [4.78, 5) is 2.58. The predicted octanol–water partition coefficient (Wildman–Crippen LogP) is 1.86. The van der Waals surface area contributed by atoms with Gasteiger partial charge >= 0.3 is 0 Å². The highest BCUT2D eigenvalue weighted by Crippen LogP contribution is 2.27. The van der Waals surface area contributed by atoms with Crippen LogP contribution in [0.25, 0.3) is 0 Å². The van der Waals surface area contributed by atoms with Crippen molar-refractivity contribution in [3.8, 4) is 0 Å². The van der Waals surface area contributed by atoms with Crippen molar-refractivity contribution in [1.82, 2.24) is 4.90 Å². The lowest BCUT2D eigenvalue weighted by Crippen LogP contribution is -2.40.